The van der Waals surface area contributed by atoms with E-state index in [2.05, 4.69) is 22.5 Å². The number of hydrogen-bond acceptors (Lipinski definition) is 9. The van der Waals surface area contributed by atoms with Crippen molar-refractivity contribution in [1.29, 1.82) is 5.41 Å². The lowest BCUT2D eigenvalue weighted by Gasteiger charge is -2.32. The molecule has 7 N–H and O–H groups in total. The Morgan fingerprint density at radius 3 is 2.35 bits per heavy atom. The number of carboxylic acid groups (broad SMARTS) is 1. The zero-order valence-electron chi connectivity index (χ0n) is 26.2. The number of halogens is 1. The highest BCUT2D eigenvalue weighted by Crippen LogP contribution is 2.28. The van der Waals surface area contributed by atoms with Gasteiger partial charge in [0.15, 0.2) is 0 Å². The van der Waals surface area contributed by atoms with Crippen molar-refractivity contribution >= 4 is 51.3 Å². The molecule has 1 saturated heterocycles. The Morgan fingerprint density at radius 2 is 1.77 bits per heavy atom. The number of aliphatic carboxylic acids is 1. The number of methoxy groups -OCH3 is 1. The van der Waals surface area contributed by atoms with Gasteiger partial charge in [-0.3, -0.25) is 19.8 Å². The van der Waals surface area contributed by atoms with Crippen LogP contribution in [-0.2, 0) is 35.6 Å². The summed E-state index contributed by atoms with van der Waals surface area (Å²) in [6, 6.07) is 7.59. The van der Waals surface area contributed by atoms with Crippen molar-refractivity contribution in [2.24, 2.45) is 5.73 Å². The highest BCUT2D eigenvalue weighted by atomic mass is 35.5. The quantitative estimate of drug-likeness (QED) is 0.0842. The zero-order chi connectivity index (χ0) is 35.4. The zero-order valence-corrected chi connectivity index (χ0v) is 27.8. The van der Waals surface area contributed by atoms with Crippen LogP contribution in [0.1, 0.15) is 36.8 Å². The Kier molecular flexibility index (Phi) is 13.8. The lowest BCUT2D eigenvalue weighted by molar-refractivity contribution is -0.138. The number of rotatable bonds is 16. The second kappa shape index (κ2) is 17.5. The highest BCUT2D eigenvalue weighted by molar-refractivity contribution is 7.89. The van der Waals surface area contributed by atoms with E-state index in [1.807, 2.05) is 0 Å². The number of alkyl carbamates (subject to hydrolysis) is 1. The first-order valence-corrected chi connectivity index (χ1v) is 16.7. The molecule has 3 rings (SSSR count). The Bertz CT molecular complexity index is 1610. The maximum Gasteiger partial charge on any atom is 0.408 e. The van der Waals surface area contributed by atoms with Crippen molar-refractivity contribution in [3.63, 3.8) is 0 Å². The van der Waals surface area contributed by atoms with Gasteiger partial charge in [-0.25, -0.2) is 13.2 Å². The summed E-state index contributed by atoms with van der Waals surface area (Å²) in [6.45, 7) is 3.51. The minimum atomic E-state index is -3.91. The second-order valence-corrected chi connectivity index (χ2v) is 13.3. The van der Waals surface area contributed by atoms with Crippen LogP contribution in [0.2, 0.25) is 5.02 Å². The normalized spacial score (nSPS) is 15.0. The fraction of sp³-hybridized carbons (Fsp3) is 0.387. The SMILES string of the molecule is C=CCOC(=O)N[C@@H](Cc1ccc(C(=N)N)cc1)C(=O)N[C@@H](CCC(=O)O)C(=O)NC1CCN(S(=O)(=O)c2cc(Cl)cc(OC)c2)CC1. The molecule has 1 aliphatic rings. The van der Waals surface area contributed by atoms with Crippen LogP contribution >= 0.6 is 11.6 Å². The predicted octanol–water partition coefficient (Wildman–Crippen LogP) is 1.78. The minimum absolute atomic E-state index is 0.0304. The molecule has 0 aliphatic carbocycles. The van der Waals surface area contributed by atoms with Crippen molar-refractivity contribution in [3.05, 3.63) is 71.3 Å². The van der Waals surface area contributed by atoms with Crippen molar-refractivity contribution < 1.29 is 42.2 Å². The Hall–Kier alpha value is -4.67. The van der Waals surface area contributed by atoms with Crippen LogP contribution in [0, 0.1) is 5.41 Å². The molecule has 1 heterocycles. The third kappa shape index (κ3) is 11.0. The van der Waals surface area contributed by atoms with Crippen molar-refractivity contribution in [2.45, 2.75) is 55.1 Å². The molecule has 0 radical (unpaired) electrons. The lowest BCUT2D eigenvalue weighted by Crippen LogP contribution is -2.56. The van der Waals surface area contributed by atoms with Crippen molar-refractivity contribution in [1.82, 2.24) is 20.3 Å². The van der Waals surface area contributed by atoms with Crippen LogP contribution in [0.5, 0.6) is 5.75 Å². The molecule has 2 aromatic carbocycles. The molecule has 0 saturated carbocycles. The van der Waals surface area contributed by atoms with Gasteiger partial charge < -0.3 is 36.3 Å². The summed E-state index contributed by atoms with van der Waals surface area (Å²) < 4.78 is 37.9. The molecular formula is C31H39ClN6O9S. The van der Waals surface area contributed by atoms with E-state index in [9.17, 15) is 32.7 Å². The van der Waals surface area contributed by atoms with Gasteiger partial charge >= 0.3 is 12.1 Å². The lowest BCUT2D eigenvalue weighted by atomic mass is 10.0. The average molecular weight is 707 g/mol. The third-order valence-electron chi connectivity index (χ3n) is 7.44. The standard InChI is InChI=1S/C31H39ClN6O9S/c1-3-14-47-31(43)37-26(15-19-4-6-20(7-5-19)28(33)34)30(42)36-25(8-9-27(39)40)29(41)35-22-10-12-38(13-11-22)48(44,45)24-17-21(32)16-23(18-24)46-2/h3-7,16-18,22,25-26H,1,8-15H2,2H3,(H3,33,34)(H,35,41)(H,36,42)(H,37,43)(H,39,40)/t25-,26-/m0/s1. The number of nitrogen functional groups attached to an aromatic ring is 1. The van der Waals surface area contributed by atoms with Crippen LogP contribution in [0.15, 0.2) is 60.0 Å². The highest BCUT2D eigenvalue weighted by Gasteiger charge is 2.33. The fourth-order valence-electron chi connectivity index (χ4n) is 4.89. The number of carbonyl (C=O) groups excluding carboxylic acids is 3. The smallest absolute Gasteiger partial charge is 0.408 e. The number of hydrogen-bond donors (Lipinski definition) is 6. The summed E-state index contributed by atoms with van der Waals surface area (Å²) in [5.74, 6) is -2.49. The van der Waals surface area contributed by atoms with Gasteiger partial charge in [0, 0.05) is 48.6 Å². The molecule has 0 aromatic heterocycles. The maximum absolute atomic E-state index is 13.5. The number of sulfonamides is 1. The Balaban J connectivity index is 1.70. The number of piperidine rings is 1. The van der Waals surface area contributed by atoms with E-state index in [4.69, 9.17) is 32.2 Å². The first-order chi connectivity index (χ1) is 22.7. The number of nitrogens with zero attached hydrogens (tertiary/aromatic N) is 1. The molecule has 0 bridgehead atoms. The monoisotopic (exact) mass is 706 g/mol. The van der Waals surface area contributed by atoms with Crippen molar-refractivity contribution in [3.8, 4) is 5.75 Å². The van der Waals surface area contributed by atoms with Crippen LogP contribution in [0.3, 0.4) is 0 Å². The van der Waals surface area contributed by atoms with Crippen LogP contribution in [0.25, 0.3) is 0 Å². The molecule has 1 aliphatic heterocycles. The number of carboxylic acids is 1. The van der Waals surface area contributed by atoms with Gasteiger partial charge in [-0.2, -0.15) is 4.31 Å². The van der Waals surface area contributed by atoms with E-state index in [0.29, 0.717) is 11.1 Å². The van der Waals surface area contributed by atoms with Crippen molar-refractivity contribution in [2.75, 3.05) is 26.8 Å². The van der Waals surface area contributed by atoms with E-state index in [0.717, 1.165) is 0 Å². The number of benzene rings is 2. The number of carbonyl (C=O) groups is 4. The van der Waals surface area contributed by atoms with Gasteiger partial charge in [-0.05, 0) is 37.0 Å². The largest absolute Gasteiger partial charge is 0.497 e. The summed E-state index contributed by atoms with van der Waals surface area (Å²) in [6.07, 6.45) is 0.193. The number of nitrogens with one attached hydrogen (secondary N) is 4. The summed E-state index contributed by atoms with van der Waals surface area (Å²) in [5.41, 5.74) is 6.56. The number of nitrogens with two attached hydrogens (primary N) is 1. The minimum Gasteiger partial charge on any atom is -0.497 e. The molecular weight excluding hydrogens is 668 g/mol. The molecule has 3 amide bonds. The van der Waals surface area contributed by atoms with Gasteiger partial charge in [0.25, 0.3) is 0 Å². The van der Waals surface area contributed by atoms with Gasteiger partial charge in [0.05, 0.1) is 12.0 Å². The molecule has 48 heavy (non-hydrogen) atoms. The summed E-state index contributed by atoms with van der Waals surface area (Å²) in [5, 5.41) is 24.9. The topological polar surface area (TPSA) is 230 Å². The molecule has 260 valence electrons. The van der Waals surface area contributed by atoms with E-state index in [1.165, 1.54) is 35.7 Å². The molecule has 17 heteroatoms. The second-order valence-electron chi connectivity index (χ2n) is 10.9. The molecule has 0 spiro atoms. The van der Waals surface area contributed by atoms with Gasteiger partial charge in [-0.1, -0.05) is 48.5 Å². The fourth-order valence-corrected chi connectivity index (χ4v) is 6.71. The Morgan fingerprint density at radius 1 is 1.10 bits per heavy atom. The maximum atomic E-state index is 13.5. The molecule has 2 aromatic rings. The van der Waals surface area contributed by atoms with E-state index in [-0.39, 0.29) is 66.9 Å². The third-order valence-corrected chi connectivity index (χ3v) is 9.54. The van der Waals surface area contributed by atoms with Crippen LogP contribution in [-0.4, -0.2) is 92.5 Å². The first-order valence-electron chi connectivity index (χ1n) is 14.9. The predicted molar refractivity (Wildman–Crippen MR) is 176 cm³/mol. The molecule has 1 fully saturated rings. The molecule has 15 nitrogen and oxygen atoms in total. The number of amides is 3. The van der Waals surface area contributed by atoms with E-state index >= 15 is 0 Å². The Labute approximate surface area is 283 Å². The van der Waals surface area contributed by atoms with Gasteiger partial charge in [0.2, 0.25) is 21.8 Å². The first kappa shape index (κ1) is 37.8. The summed E-state index contributed by atoms with van der Waals surface area (Å²) in [7, 11) is -2.52. The number of amidine groups is 1. The van der Waals surface area contributed by atoms with E-state index < -0.39 is 58.4 Å². The van der Waals surface area contributed by atoms with Crippen LogP contribution in [0.4, 0.5) is 4.79 Å². The average Bonchev–Trinajstić information content (AvgIpc) is 3.05. The van der Waals surface area contributed by atoms with Crippen LogP contribution < -0.4 is 26.4 Å². The van der Waals surface area contributed by atoms with Gasteiger partial charge in [-0.15, -0.1) is 0 Å². The summed E-state index contributed by atoms with van der Waals surface area (Å²) in [4.78, 5) is 50.6. The number of ether oxygens (including phenoxy) is 2. The van der Waals surface area contributed by atoms with Gasteiger partial charge in [0.1, 0.15) is 30.3 Å². The van der Waals surface area contributed by atoms with E-state index in [1.54, 1.807) is 24.3 Å². The summed E-state index contributed by atoms with van der Waals surface area (Å²) >= 11 is 6.07. The molecule has 2 atom stereocenters. The molecule has 0 unspecified atom stereocenters.